The molecule has 1 saturated carbocycles. The first-order valence-corrected chi connectivity index (χ1v) is 8.18. The van der Waals surface area contributed by atoms with Crippen molar-refractivity contribution in [2.45, 2.75) is 43.4 Å². The summed E-state index contributed by atoms with van der Waals surface area (Å²) in [5.41, 5.74) is 3.18. The Morgan fingerprint density at radius 1 is 1.57 bits per heavy atom. The van der Waals surface area contributed by atoms with Crippen molar-refractivity contribution < 1.29 is 9.90 Å². The summed E-state index contributed by atoms with van der Waals surface area (Å²) in [6.07, 6.45) is 2.80. The number of thioether (sulfide) groups is 1. The first-order chi connectivity index (χ1) is 10.1. The molecule has 1 aliphatic carbocycles. The number of nitrogens with one attached hydrogen (secondary N) is 2. The first-order valence-electron chi connectivity index (χ1n) is 7.20. The zero-order valence-electron chi connectivity index (χ0n) is 11.9. The molecule has 3 N–H and O–H groups in total. The number of imidazole rings is 1. The number of aromatic amines is 1. The van der Waals surface area contributed by atoms with Crippen LogP contribution in [0.5, 0.6) is 0 Å². The van der Waals surface area contributed by atoms with Gasteiger partial charge in [-0.1, -0.05) is 17.8 Å². The van der Waals surface area contributed by atoms with E-state index in [9.17, 15) is 9.90 Å². The fraction of sp³-hybridized carbons (Fsp3) is 0.467. The fourth-order valence-electron chi connectivity index (χ4n) is 2.25. The summed E-state index contributed by atoms with van der Waals surface area (Å²) in [6.45, 7) is 2.05. The van der Waals surface area contributed by atoms with Gasteiger partial charge in [0, 0.05) is 11.8 Å². The van der Waals surface area contributed by atoms with E-state index in [1.807, 2.05) is 19.1 Å². The number of carboxylic acid groups (broad SMARTS) is 1. The lowest BCUT2D eigenvalue weighted by Crippen LogP contribution is -2.38. The highest BCUT2D eigenvalue weighted by atomic mass is 32.2. The van der Waals surface area contributed by atoms with Gasteiger partial charge >= 0.3 is 5.97 Å². The topological polar surface area (TPSA) is 78.0 Å². The number of aliphatic carboxylic acids is 1. The molecule has 5 nitrogen and oxygen atoms in total. The molecular formula is C15H19N3O2S. The summed E-state index contributed by atoms with van der Waals surface area (Å²) in [5.74, 6) is -0.0297. The number of benzene rings is 1. The van der Waals surface area contributed by atoms with E-state index in [1.165, 1.54) is 5.56 Å². The molecule has 0 saturated heterocycles. The van der Waals surface area contributed by atoms with Gasteiger partial charge in [0.05, 0.1) is 11.0 Å². The van der Waals surface area contributed by atoms with E-state index in [2.05, 4.69) is 21.4 Å². The van der Waals surface area contributed by atoms with E-state index in [0.29, 0.717) is 12.5 Å². The molecule has 0 radical (unpaired) electrons. The van der Waals surface area contributed by atoms with Crippen LogP contribution in [0.2, 0.25) is 0 Å². The normalized spacial score (nSPS) is 16.2. The highest BCUT2D eigenvalue weighted by molar-refractivity contribution is 7.99. The zero-order chi connectivity index (χ0) is 14.8. The summed E-state index contributed by atoms with van der Waals surface area (Å²) >= 11 is 1.58. The van der Waals surface area contributed by atoms with Crippen molar-refractivity contribution >= 4 is 28.8 Å². The average molecular weight is 305 g/mol. The second kappa shape index (κ2) is 6.07. The van der Waals surface area contributed by atoms with E-state index in [1.54, 1.807) is 11.8 Å². The van der Waals surface area contributed by atoms with Crippen molar-refractivity contribution in [3.05, 3.63) is 23.8 Å². The van der Waals surface area contributed by atoms with Gasteiger partial charge in [-0.15, -0.1) is 0 Å². The van der Waals surface area contributed by atoms with Gasteiger partial charge in [0.2, 0.25) is 0 Å². The highest BCUT2D eigenvalue weighted by Gasteiger charge is 2.27. The van der Waals surface area contributed by atoms with Gasteiger partial charge in [-0.25, -0.2) is 4.98 Å². The Kier molecular flexibility index (Phi) is 4.17. The molecular weight excluding hydrogens is 286 g/mol. The average Bonchev–Trinajstić information content (AvgIpc) is 3.16. The summed E-state index contributed by atoms with van der Waals surface area (Å²) in [5, 5.41) is 13.2. The molecule has 6 heteroatoms. The molecule has 1 atom stereocenters. The van der Waals surface area contributed by atoms with Crippen LogP contribution in [0.25, 0.3) is 11.0 Å². The van der Waals surface area contributed by atoms with Gasteiger partial charge in [-0.2, -0.15) is 0 Å². The Morgan fingerprint density at radius 2 is 2.38 bits per heavy atom. The molecule has 1 fully saturated rings. The lowest BCUT2D eigenvalue weighted by atomic mass is 10.2. The number of carbonyl (C=O) groups is 1. The van der Waals surface area contributed by atoms with Crippen molar-refractivity contribution in [3.63, 3.8) is 0 Å². The number of hydrogen-bond acceptors (Lipinski definition) is 4. The minimum absolute atomic E-state index is 0.408. The van der Waals surface area contributed by atoms with Crippen LogP contribution in [0.4, 0.5) is 0 Å². The van der Waals surface area contributed by atoms with E-state index in [0.717, 1.165) is 34.8 Å². The monoisotopic (exact) mass is 305 g/mol. The molecule has 0 aliphatic heterocycles. The van der Waals surface area contributed by atoms with Crippen LogP contribution in [0.1, 0.15) is 24.8 Å². The molecule has 21 heavy (non-hydrogen) atoms. The maximum Gasteiger partial charge on any atom is 0.320 e. The number of aryl methyl sites for hydroxylation is 1. The summed E-state index contributed by atoms with van der Waals surface area (Å²) in [4.78, 5) is 19.0. The maximum absolute atomic E-state index is 11.2. The van der Waals surface area contributed by atoms with Crippen LogP contribution >= 0.6 is 11.8 Å². The van der Waals surface area contributed by atoms with Crippen LogP contribution in [-0.2, 0) is 4.79 Å². The Labute approximate surface area is 127 Å². The number of hydrogen-bond donors (Lipinski definition) is 3. The lowest BCUT2D eigenvalue weighted by molar-refractivity contribution is -0.139. The van der Waals surface area contributed by atoms with Crippen LogP contribution < -0.4 is 5.32 Å². The number of H-pyrrole nitrogens is 1. The van der Waals surface area contributed by atoms with Crippen LogP contribution in [-0.4, -0.2) is 38.9 Å². The number of carboxylic acids is 1. The van der Waals surface area contributed by atoms with Crippen molar-refractivity contribution in [1.82, 2.24) is 15.3 Å². The molecule has 3 rings (SSSR count). The van der Waals surface area contributed by atoms with Gasteiger partial charge < -0.3 is 15.4 Å². The van der Waals surface area contributed by atoms with E-state index >= 15 is 0 Å². The van der Waals surface area contributed by atoms with Crippen LogP contribution in [0.3, 0.4) is 0 Å². The summed E-state index contributed by atoms with van der Waals surface area (Å²) < 4.78 is 0. The number of nitrogens with zero attached hydrogens (tertiary/aromatic N) is 1. The molecule has 0 amide bonds. The largest absolute Gasteiger partial charge is 0.480 e. The number of fused-ring (bicyclic) bond motifs is 1. The maximum atomic E-state index is 11.2. The predicted molar refractivity (Wildman–Crippen MR) is 83.8 cm³/mol. The highest BCUT2D eigenvalue weighted by Crippen LogP contribution is 2.23. The quantitative estimate of drug-likeness (QED) is 0.685. The molecule has 1 heterocycles. The van der Waals surface area contributed by atoms with Crippen molar-refractivity contribution in [3.8, 4) is 0 Å². The van der Waals surface area contributed by atoms with Crippen molar-refractivity contribution in [2.24, 2.45) is 0 Å². The summed E-state index contributed by atoms with van der Waals surface area (Å²) in [7, 11) is 0. The van der Waals surface area contributed by atoms with Crippen LogP contribution in [0.15, 0.2) is 23.4 Å². The zero-order valence-corrected chi connectivity index (χ0v) is 12.7. The molecule has 0 spiro atoms. The minimum Gasteiger partial charge on any atom is -0.480 e. The predicted octanol–water partition coefficient (Wildman–Crippen LogP) is 2.56. The molecule has 0 bridgehead atoms. The van der Waals surface area contributed by atoms with Crippen molar-refractivity contribution in [2.75, 3.05) is 5.75 Å². The third kappa shape index (κ3) is 3.77. The van der Waals surface area contributed by atoms with Gasteiger partial charge in [0.15, 0.2) is 5.16 Å². The lowest BCUT2D eigenvalue weighted by Gasteiger charge is -2.12. The third-order valence-corrected chi connectivity index (χ3v) is 4.48. The van der Waals surface area contributed by atoms with Crippen LogP contribution in [0, 0.1) is 6.92 Å². The molecule has 1 unspecified atom stereocenters. The second-order valence-electron chi connectivity index (χ2n) is 5.53. The Bertz CT molecular complexity index is 651. The summed E-state index contributed by atoms with van der Waals surface area (Å²) in [6, 6.07) is 6.07. The van der Waals surface area contributed by atoms with Gasteiger partial charge in [0.1, 0.15) is 6.04 Å². The Balaban J connectivity index is 1.56. The Hall–Kier alpha value is -1.53. The van der Waals surface area contributed by atoms with Crippen molar-refractivity contribution in [1.29, 1.82) is 0 Å². The minimum atomic E-state index is -0.761. The van der Waals surface area contributed by atoms with Gasteiger partial charge in [-0.3, -0.25) is 4.79 Å². The number of rotatable bonds is 7. The molecule has 112 valence electrons. The molecule has 1 aromatic heterocycles. The molecule has 1 aliphatic rings. The third-order valence-electron chi connectivity index (χ3n) is 3.57. The van der Waals surface area contributed by atoms with E-state index in [4.69, 9.17) is 0 Å². The van der Waals surface area contributed by atoms with E-state index in [-0.39, 0.29) is 0 Å². The molecule has 1 aromatic carbocycles. The first kappa shape index (κ1) is 14.4. The smallest absolute Gasteiger partial charge is 0.320 e. The standard InChI is InChI=1S/C15H19N3O2S/c1-9-2-5-11-13(8-9)18-15(17-11)21-7-6-12(14(19)20)16-10-3-4-10/h2,5,8,10,12,16H,3-4,6-7H2,1H3,(H,17,18)(H,19,20). The second-order valence-corrected chi connectivity index (χ2v) is 6.62. The number of aromatic nitrogens is 2. The fourth-order valence-corrected chi connectivity index (χ4v) is 3.15. The molecule has 2 aromatic rings. The van der Waals surface area contributed by atoms with Gasteiger partial charge in [0.25, 0.3) is 0 Å². The van der Waals surface area contributed by atoms with Gasteiger partial charge in [-0.05, 0) is 43.9 Å². The van der Waals surface area contributed by atoms with E-state index < -0.39 is 12.0 Å². The Morgan fingerprint density at radius 3 is 3.10 bits per heavy atom. The SMILES string of the molecule is Cc1ccc2nc(SCCC(NC3CC3)C(=O)O)[nH]c2c1.